The summed E-state index contributed by atoms with van der Waals surface area (Å²) in [5.41, 5.74) is 9.55. The molecule has 0 amide bonds. The van der Waals surface area contributed by atoms with Crippen LogP contribution in [0.3, 0.4) is 0 Å². The van der Waals surface area contributed by atoms with E-state index >= 15 is 0 Å². The lowest BCUT2D eigenvalue weighted by Gasteiger charge is -2.05. The Kier molecular flexibility index (Phi) is 3.02. The summed E-state index contributed by atoms with van der Waals surface area (Å²) >= 11 is 1.82. The van der Waals surface area contributed by atoms with Gasteiger partial charge in [0.05, 0.1) is 0 Å². The second kappa shape index (κ2) is 5.02. The fourth-order valence-electron chi connectivity index (χ4n) is 2.85. The van der Waals surface area contributed by atoms with Gasteiger partial charge in [0, 0.05) is 29.5 Å². The number of thiophene rings is 1. The lowest BCUT2D eigenvalue weighted by atomic mass is 10.1. The molecule has 104 valence electrons. The molecule has 0 unspecified atom stereocenters. The summed E-state index contributed by atoms with van der Waals surface area (Å²) < 4.78 is 3.67. The molecule has 0 fully saturated rings. The molecule has 0 bridgehead atoms. The molecular weight excluding hydrogens is 276 g/mol. The summed E-state index contributed by atoms with van der Waals surface area (Å²) in [6, 6.07) is 17.2. The highest BCUT2D eigenvalue weighted by molar-refractivity contribution is 7.17. The standard InChI is InChI=1S/C18H16N2S/c19-10-13-5-6-17-14(9-13)7-8-20(17)11-15-12-21-18-4-2-1-3-16(15)18/h1-9,12H,10-11,19H2. The van der Waals surface area contributed by atoms with Crippen molar-refractivity contribution in [1.82, 2.24) is 4.57 Å². The average molecular weight is 292 g/mol. The van der Waals surface area contributed by atoms with Crippen LogP contribution in [0.15, 0.2) is 60.1 Å². The fourth-order valence-corrected chi connectivity index (χ4v) is 3.81. The van der Waals surface area contributed by atoms with Gasteiger partial charge in [0.2, 0.25) is 0 Å². The van der Waals surface area contributed by atoms with Gasteiger partial charge in [-0.3, -0.25) is 0 Å². The van der Waals surface area contributed by atoms with E-state index < -0.39 is 0 Å². The van der Waals surface area contributed by atoms with Crippen molar-refractivity contribution in [3.63, 3.8) is 0 Å². The summed E-state index contributed by atoms with van der Waals surface area (Å²) in [6.45, 7) is 1.51. The molecule has 0 saturated carbocycles. The van der Waals surface area contributed by atoms with E-state index in [4.69, 9.17) is 5.73 Å². The van der Waals surface area contributed by atoms with Crippen LogP contribution in [0.25, 0.3) is 21.0 Å². The highest BCUT2D eigenvalue weighted by atomic mass is 32.1. The molecule has 2 aromatic heterocycles. The minimum Gasteiger partial charge on any atom is -0.343 e. The summed E-state index contributed by atoms with van der Waals surface area (Å²) in [4.78, 5) is 0. The highest BCUT2D eigenvalue weighted by Gasteiger charge is 2.06. The Hall–Kier alpha value is -2.10. The van der Waals surface area contributed by atoms with Crippen LogP contribution in [0.2, 0.25) is 0 Å². The van der Waals surface area contributed by atoms with Crippen molar-refractivity contribution in [2.24, 2.45) is 5.73 Å². The zero-order chi connectivity index (χ0) is 14.2. The van der Waals surface area contributed by atoms with Crippen molar-refractivity contribution in [2.75, 3.05) is 0 Å². The van der Waals surface area contributed by atoms with Gasteiger partial charge in [-0.25, -0.2) is 0 Å². The molecule has 4 aromatic rings. The molecule has 2 aromatic carbocycles. The normalized spacial score (nSPS) is 11.5. The van der Waals surface area contributed by atoms with Crippen molar-refractivity contribution in [2.45, 2.75) is 13.1 Å². The van der Waals surface area contributed by atoms with Crippen molar-refractivity contribution >= 4 is 32.3 Å². The topological polar surface area (TPSA) is 30.9 Å². The molecule has 2 N–H and O–H groups in total. The summed E-state index contributed by atoms with van der Waals surface area (Å²) in [6.07, 6.45) is 2.16. The first-order valence-electron chi connectivity index (χ1n) is 7.08. The Bertz CT molecular complexity index is 917. The minimum atomic E-state index is 0.594. The molecule has 0 radical (unpaired) electrons. The van der Waals surface area contributed by atoms with Gasteiger partial charge in [-0.15, -0.1) is 11.3 Å². The summed E-state index contributed by atoms with van der Waals surface area (Å²) in [5.74, 6) is 0. The van der Waals surface area contributed by atoms with Gasteiger partial charge in [0.25, 0.3) is 0 Å². The van der Waals surface area contributed by atoms with Crippen molar-refractivity contribution < 1.29 is 0 Å². The fraction of sp³-hybridized carbons (Fsp3) is 0.111. The number of rotatable bonds is 3. The van der Waals surface area contributed by atoms with E-state index in [-0.39, 0.29) is 0 Å². The molecule has 0 saturated heterocycles. The van der Waals surface area contributed by atoms with Crippen LogP contribution >= 0.6 is 11.3 Å². The lowest BCUT2D eigenvalue weighted by molar-refractivity contribution is 0.845. The number of nitrogens with two attached hydrogens (primary N) is 1. The Morgan fingerprint density at radius 1 is 1.05 bits per heavy atom. The van der Waals surface area contributed by atoms with Crippen LogP contribution in [-0.2, 0) is 13.1 Å². The maximum atomic E-state index is 5.71. The van der Waals surface area contributed by atoms with Gasteiger partial charge < -0.3 is 10.3 Å². The number of benzene rings is 2. The van der Waals surface area contributed by atoms with Gasteiger partial charge >= 0.3 is 0 Å². The van der Waals surface area contributed by atoms with Crippen molar-refractivity contribution in [3.8, 4) is 0 Å². The van der Waals surface area contributed by atoms with Crippen LogP contribution in [0.1, 0.15) is 11.1 Å². The van der Waals surface area contributed by atoms with Gasteiger partial charge in [0.1, 0.15) is 0 Å². The second-order valence-electron chi connectivity index (χ2n) is 5.30. The zero-order valence-electron chi connectivity index (χ0n) is 11.6. The smallest absolute Gasteiger partial charge is 0.0490 e. The Labute approximate surface area is 127 Å². The van der Waals surface area contributed by atoms with E-state index in [1.54, 1.807) is 0 Å². The predicted molar refractivity (Wildman–Crippen MR) is 90.8 cm³/mol. The molecule has 0 atom stereocenters. The average Bonchev–Trinajstić information content (AvgIpc) is 3.12. The third-order valence-corrected chi connectivity index (χ3v) is 4.99. The van der Waals surface area contributed by atoms with E-state index in [0.717, 1.165) is 6.54 Å². The van der Waals surface area contributed by atoms with Gasteiger partial charge in [-0.2, -0.15) is 0 Å². The molecule has 2 nitrogen and oxygen atoms in total. The first kappa shape index (κ1) is 12.6. The Morgan fingerprint density at radius 2 is 1.95 bits per heavy atom. The predicted octanol–water partition coefficient (Wildman–Crippen LogP) is 4.36. The van der Waals surface area contributed by atoms with E-state index in [2.05, 4.69) is 64.7 Å². The molecule has 0 aliphatic carbocycles. The Balaban J connectivity index is 1.77. The maximum Gasteiger partial charge on any atom is 0.0490 e. The van der Waals surface area contributed by atoms with Gasteiger partial charge in [-0.1, -0.05) is 24.3 Å². The van der Waals surface area contributed by atoms with Crippen LogP contribution < -0.4 is 5.73 Å². The molecule has 21 heavy (non-hydrogen) atoms. The molecule has 0 aliphatic heterocycles. The van der Waals surface area contributed by atoms with E-state index in [1.165, 1.54) is 32.1 Å². The number of hydrogen-bond acceptors (Lipinski definition) is 2. The maximum absolute atomic E-state index is 5.71. The second-order valence-corrected chi connectivity index (χ2v) is 6.21. The monoisotopic (exact) mass is 292 g/mol. The van der Waals surface area contributed by atoms with Gasteiger partial charge in [0.15, 0.2) is 0 Å². The van der Waals surface area contributed by atoms with Crippen LogP contribution in [0.4, 0.5) is 0 Å². The van der Waals surface area contributed by atoms with Crippen molar-refractivity contribution in [1.29, 1.82) is 0 Å². The highest BCUT2D eigenvalue weighted by Crippen LogP contribution is 2.27. The van der Waals surface area contributed by atoms with E-state index in [1.807, 2.05) is 11.3 Å². The molecule has 2 heterocycles. The molecule has 3 heteroatoms. The first-order chi connectivity index (χ1) is 10.3. The van der Waals surface area contributed by atoms with Crippen LogP contribution in [0.5, 0.6) is 0 Å². The SMILES string of the molecule is NCc1ccc2c(ccn2Cc2csc3ccccc23)c1. The first-order valence-corrected chi connectivity index (χ1v) is 7.96. The third kappa shape index (κ3) is 2.15. The zero-order valence-corrected chi connectivity index (χ0v) is 12.4. The number of fused-ring (bicyclic) bond motifs is 2. The van der Waals surface area contributed by atoms with E-state index in [0.29, 0.717) is 6.54 Å². The van der Waals surface area contributed by atoms with Crippen LogP contribution in [0, 0.1) is 0 Å². The minimum absolute atomic E-state index is 0.594. The number of aromatic nitrogens is 1. The molecule has 0 spiro atoms. The van der Waals surface area contributed by atoms with Gasteiger partial charge in [-0.05, 0) is 51.5 Å². The Morgan fingerprint density at radius 3 is 2.86 bits per heavy atom. The quantitative estimate of drug-likeness (QED) is 0.597. The summed E-state index contributed by atoms with van der Waals surface area (Å²) in [7, 11) is 0. The molecular formula is C18H16N2S. The van der Waals surface area contributed by atoms with Crippen molar-refractivity contribution in [3.05, 3.63) is 71.2 Å². The lowest BCUT2D eigenvalue weighted by Crippen LogP contribution is -1.98. The van der Waals surface area contributed by atoms with Crippen LogP contribution in [-0.4, -0.2) is 4.57 Å². The summed E-state index contributed by atoms with van der Waals surface area (Å²) in [5, 5.41) is 4.89. The van der Waals surface area contributed by atoms with E-state index in [9.17, 15) is 0 Å². The largest absolute Gasteiger partial charge is 0.343 e. The molecule has 0 aliphatic rings. The third-order valence-electron chi connectivity index (χ3n) is 3.97. The number of hydrogen-bond donors (Lipinski definition) is 1. The number of nitrogens with zero attached hydrogens (tertiary/aromatic N) is 1. The molecule has 4 rings (SSSR count).